The average Bonchev–Trinajstić information content (AvgIpc) is 2.99. The highest BCUT2D eigenvalue weighted by atomic mass is 32.1. The van der Waals surface area contributed by atoms with Gasteiger partial charge in [-0.05, 0) is 58.5 Å². The zero-order valence-electron chi connectivity index (χ0n) is 19.0. The van der Waals surface area contributed by atoms with E-state index in [4.69, 9.17) is 9.73 Å². The van der Waals surface area contributed by atoms with Crippen LogP contribution in [0.15, 0.2) is 10.4 Å². The number of thiazole rings is 1. The van der Waals surface area contributed by atoms with E-state index in [-0.39, 0.29) is 0 Å². The van der Waals surface area contributed by atoms with Gasteiger partial charge in [0.2, 0.25) is 0 Å². The van der Waals surface area contributed by atoms with E-state index in [0.29, 0.717) is 12.0 Å². The van der Waals surface area contributed by atoms with Crippen LogP contribution in [0.1, 0.15) is 69.0 Å². The van der Waals surface area contributed by atoms with Crippen LogP contribution in [-0.4, -0.2) is 61.3 Å². The van der Waals surface area contributed by atoms with Gasteiger partial charge in [-0.1, -0.05) is 25.7 Å². The lowest BCUT2D eigenvalue weighted by Crippen LogP contribution is -2.40. The molecule has 0 unspecified atom stereocenters. The molecule has 1 saturated heterocycles. The third-order valence-electron chi connectivity index (χ3n) is 6.16. The Hall–Kier alpha value is -1.18. The first-order valence-electron chi connectivity index (χ1n) is 12.0. The van der Waals surface area contributed by atoms with Crippen LogP contribution >= 0.6 is 11.3 Å². The smallest absolute Gasteiger partial charge is 0.191 e. The van der Waals surface area contributed by atoms with E-state index in [1.165, 1.54) is 57.1 Å². The number of rotatable bonds is 9. The van der Waals surface area contributed by atoms with Gasteiger partial charge in [-0.3, -0.25) is 9.89 Å². The van der Waals surface area contributed by atoms with Crippen molar-refractivity contribution in [3.8, 4) is 0 Å². The molecule has 2 fully saturated rings. The molecule has 0 aromatic carbocycles. The van der Waals surface area contributed by atoms with E-state index in [2.05, 4.69) is 39.7 Å². The summed E-state index contributed by atoms with van der Waals surface area (Å²) in [6.45, 7) is 10.9. The van der Waals surface area contributed by atoms with Gasteiger partial charge in [-0.15, -0.1) is 11.3 Å². The number of aromatic nitrogens is 1. The first-order chi connectivity index (χ1) is 14.7. The van der Waals surface area contributed by atoms with Crippen molar-refractivity contribution < 1.29 is 4.74 Å². The number of hydrogen-bond acceptors (Lipinski definition) is 5. The van der Waals surface area contributed by atoms with E-state index >= 15 is 0 Å². The lowest BCUT2D eigenvalue weighted by molar-refractivity contribution is 0.0468. The van der Waals surface area contributed by atoms with Crippen LogP contribution in [0.2, 0.25) is 0 Å². The molecular weight excluding hydrogens is 394 g/mol. The number of hydrogen-bond donors (Lipinski definition) is 2. The van der Waals surface area contributed by atoms with Crippen LogP contribution in [0.25, 0.3) is 0 Å². The molecule has 0 bridgehead atoms. The van der Waals surface area contributed by atoms with Crippen molar-refractivity contribution in [1.29, 1.82) is 0 Å². The van der Waals surface area contributed by atoms with Crippen LogP contribution in [0.4, 0.5) is 0 Å². The highest BCUT2D eigenvalue weighted by Gasteiger charge is 2.20. The molecule has 0 atom stereocenters. The third-order valence-corrected chi connectivity index (χ3v) is 6.98. The number of aryl methyl sites for hydroxylation is 1. The van der Waals surface area contributed by atoms with Crippen molar-refractivity contribution in [2.75, 3.05) is 39.3 Å². The van der Waals surface area contributed by atoms with Crippen molar-refractivity contribution in [1.82, 2.24) is 20.5 Å². The molecule has 0 amide bonds. The molecule has 170 valence electrons. The summed E-state index contributed by atoms with van der Waals surface area (Å²) in [5, 5.41) is 10.2. The minimum Gasteiger partial charge on any atom is -0.376 e. The van der Waals surface area contributed by atoms with Crippen molar-refractivity contribution in [2.45, 2.75) is 77.9 Å². The quantitative estimate of drug-likeness (QED) is 0.266. The molecule has 1 aliphatic carbocycles. The normalized spacial score (nSPS) is 20.3. The second kappa shape index (κ2) is 13.3. The van der Waals surface area contributed by atoms with Gasteiger partial charge in [0.15, 0.2) is 5.96 Å². The monoisotopic (exact) mass is 435 g/mol. The largest absolute Gasteiger partial charge is 0.376 e. The minimum absolute atomic E-state index is 0.465. The van der Waals surface area contributed by atoms with Crippen LogP contribution < -0.4 is 10.6 Å². The number of nitrogens with zero attached hydrogens (tertiary/aromatic N) is 3. The number of guanidine groups is 1. The van der Waals surface area contributed by atoms with Crippen LogP contribution in [0.3, 0.4) is 0 Å². The Balaban J connectivity index is 1.33. The fourth-order valence-corrected chi connectivity index (χ4v) is 5.01. The molecule has 2 heterocycles. The van der Waals surface area contributed by atoms with Gasteiger partial charge in [0.05, 0.1) is 23.4 Å². The van der Waals surface area contributed by atoms with Gasteiger partial charge in [-0.25, -0.2) is 4.98 Å². The average molecular weight is 436 g/mol. The van der Waals surface area contributed by atoms with Gasteiger partial charge in [0.1, 0.15) is 0 Å². The Bertz CT molecular complexity index is 619. The maximum Gasteiger partial charge on any atom is 0.191 e. The summed E-state index contributed by atoms with van der Waals surface area (Å²) < 4.78 is 6.09. The third kappa shape index (κ3) is 8.52. The fraction of sp³-hybridized carbons (Fsp3) is 0.826. The fourth-order valence-electron chi connectivity index (χ4n) is 4.40. The molecule has 7 heteroatoms. The van der Waals surface area contributed by atoms with E-state index in [1.54, 1.807) is 11.3 Å². The summed E-state index contributed by atoms with van der Waals surface area (Å²) in [7, 11) is 0. The Labute approximate surface area is 186 Å². The van der Waals surface area contributed by atoms with Gasteiger partial charge in [0, 0.05) is 31.6 Å². The molecule has 1 aromatic heterocycles. The topological polar surface area (TPSA) is 61.8 Å². The van der Waals surface area contributed by atoms with E-state index in [1.807, 2.05) is 0 Å². The van der Waals surface area contributed by atoms with E-state index in [0.717, 1.165) is 56.8 Å². The minimum atomic E-state index is 0.465. The van der Waals surface area contributed by atoms with E-state index < -0.39 is 0 Å². The van der Waals surface area contributed by atoms with Gasteiger partial charge < -0.3 is 15.4 Å². The summed E-state index contributed by atoms with van der Waals surface area (Å²) in [4.78, 5) is 12.0. The molecule has 2 N–H and O–H groups in total. The number of ether oxygens (including phenoxy) is 1. The number of likely N-dealkylation sites (tertiary alicyclic amines) is 1. The SMILES string of the molecule is CCNC(=NCC1CCN(Cc2csc(C)n2)CC1)NCCOC1CCCCCC1. The first-order valence-corrected chi connectivity index (χ1v) is 12.9. The first kappa shape index (κ1) is 23.5. The van der Waals surface area contributed by atoms with Crippen molar-refractivity contribution in [3.05, 3.63) is 16.1 Å². The Morgan fingerprint density at radius 2 is 1.93 bits per heavy atom. The Kier molecular flexibility index (Phi) is 10.4. The molecule has 2 aliphatic rings. The highest BCUT2D eigenvalue weighted by Crippen LogP contribution is 2.21. The predicted octanol–water partition coefficient (Wildman–Crippen LogP) is 3.96. The molecule has 1 saturated carbocycles. The Morgan fingerprint density at radius 1 is 1.17 bits per heavy atom. The number of nitrogens with one attached hydrogen (secondary N) is 2. The zero-order valence-corrected chi connectivity index (χ0v) is 19.8. The molecule has 1 aliphatic heterocycles. The summed E-state index contributed by atoms with van der Waals surface area (Å²) in [5.74, 6) is 1.61. The van der Waals surface area contributed by atoms with Gasteiger partial charge in [-0.2, -0.15) is 0 Å². The summed E-state index contributed by atoms with van der Waals surface area (Å²) in [6, 6.07) is 0. The zero-order chi connectivity index (χ0) is 21.0. The second-order valence-corrected chi connectivity index (χ2v) is 9.77. The van der Waals surface area contributed by atoms with Crippen LogP contribution in [0, 0.1) is 12.8 Å². The summed E-state index contributed by atoms with van der Waals surface area (Å²) in [6.07, 6.45) is 10.8. The molecule has 1 aromatic rings. The number of aliphatic imine (C=N–C) groups is 1. The highest BCUT2D eigenvalue weighted by molar-refractivity contribution is 7.09. The van der Waals surface area contributed by atoms with E-state index in [9.17, 15) is 0 Å². The maximum atomic E-state index is 6.09. The molecule has 0 radical (unpaired) electrons. The maximum absolute atomic E-state index is 6.09. The van der Waals surface area contributed by atoms with Crippen LogP contribution in [-0.2, 0) is 11.3 Å². The second-order valence-electron chi connectivity index (χ2n) is 8.71. The van der Waals surface area contributed by atoms with Crippen LogP contribution in [0.5, 0.6) is 0 Å². The number of piperidine rings is 1. The standard InChI is InChI=1S/C23H41N5OS/c1-3-24-23(25-12-15-29-22-8-6-4-5-7-9-22)26-16-20-10-13-28(14-11-20)17-21-18-30-19(2)27-21/h18,20,22H,3-17H2,1-2H3,(H2,24,25,26). The summed E-state index contributed by atoms with van der Waals surface area (Å²) >= 11 is 1.75. The van der Waals surface area contributed by atoms with Gasteiger partial charge in [0.25, 0.3) is 0 Å². The van der Waals surface area contributed by atoms with Crippen molar-refractivity contribution >= 4 is 17.3 Å². The molecule has 3 rings (SSSR count). The molecular formula is C23H41N5OS. The Morgan fingerprint density at radius 3 is 2.60 bits per heavy atom. The molecule has 0 spiro atoms. The van der Waals surface area contributed by atoms with Crippen molar-refractivity contribution in [2.24, 2.45) is 10.9 Å². The lowest BCUT2D eigenvalue weighted by Gasteiger charge is -2.30. The lowest BCUT2D eigenvalue weighted by atomic mass is 9.97. The molecule has 6 nitrogen and oxygen atoms in total. The van der Waals surface area contributed by atoms with Crippen molar-refractivity contribution in [3.63, 3.8) is 0 Å². The summed E-state index contributed by atoms with van der Waals surface area (Å²) in [5.41, 5.74) is 1.22. The predicted molar refractivity (Wildman–Crippen MR) is 126 cm³/mol. The molecule has 30 heavy (non-hydrogen) atoms. The van der Waals surface area contributed by atoms with Gasteiger partial charge >= 0.3 is 0 Å².